The molecule has 2 aliphatic rings. The lowest BCUT2D eigenvalue weighted by Crippen LogP contribution is -2.44. The zero-order valence-corrected chi connectivity index (χ0v) is 8.09. The number of carbonyl (C=O) groups is 1. The number of carbonyl (C=O) groups excluding carboxylic acids is 1. The highest BCUT2D eigenvalue weighted by Gasteiger charge is 2.23. The van der Waals surface area contributed by atoms with Gasteiger partial charge in [-0.3, -0.25) is 4.79 Å². The molecule has 74 valence electrons. The molecule has 0 aromatic heterocycles. The van der Waals surface area contributed by atoms with Crippen molar-refractivity contribution in [3.8, 4) is 0 Å². The van der Waals surface area contributed by atoms with E-state index >= 15 is 0 Å². The Kier molecular flexibility index (Phi) is 2.83. The van der Waals surface area contributed by atoms with Crippen LogP contribution in [-0.4, -0.2) is 36.5 Å². The Hall–Kier alpha value is -0.570. The Morgan fingerprint density at radius 2 is 2.31 bits per heavy atom. The molecule has 0 unspecified atom stereocenters. The largest absolute Gasteiger partial charge is 0.341 e. The summed E-state index contributed by atoms with van der Waals surface area (Å²) in [7, 11) is 0. The molecule has 0 aromatic carbocycles. The smallest absolute Gasteiger partial charge is 0.222 e. The monoisotopic (exact) mass is 182 g/mol. The third kappa shape index (κ3) is 2.21. The van der Waals surface area contributed by atoms with Crippen LogP contribution >= 0.6 is 0 Å². The Labute approximate surface area is 79.5 Å². The number of piperidine rings is 1. The summed E-state index contributed by atoms with van der Waals surface area (Å²) >= 11 is 0. The SMILES string of the molecule is O=C1CCCN1C[C@@H]1CCCCN1. The Bertz CT molecular complexity index is 187. The van der Waals surface area contributed by atoms with E-state index < -0.39 is 0 Å². The quantitative estimate of drug-likeness (QED) is 0.683. The zero-order chi connectivity index (χ0) is 9.10. The van der Waals surface area contributed by atoms with Crippen molar-refractivity contribution >= 4 is 5.91 Å². The van der Waals surface area contributed by atoms with Gasteiger partial charge >= 0.3 is 0 Å². The molecule has 1 N–H and O–H groups in total. The Morgan fingerprint density at radius 3 is 2.92 bits per heavy atom. The highest BCUT2D eigenvalue weighted by atomic mass is 16.2. The number of rotatable bonds is 2. The molecule has 2 heterocycles. The van der Waals surface area contributed by atoms with Crippen molar-refractivity contribution in [1.82, 2.24) is 10.2 Å². The molecule has 2 saturated heterocycles. The molecule has 0 radical (unpaired) electrons. The lowest BCUT2D eigenvalue weighted by Gasteiger charge is -2.27. The highest BCUT2D eigenvalue weighted by Crippen LogP contribution is 2.13. The number of hydrogen-bond acceptors (Lipinski definition) is 2. The van der Waals surface area contributed by atoms with Crippen molar-refractivity contribution < 1.29 is 4.79 Å². The van der Waals surface area contributed by atoms with E-state index in [9.17, 15) is 4.79 Å². The fraction of sp³-hybridized carbons (Fsp3) is 0.900. The molecule has 0 spiro atoms. The van der Waals surface area contributed by atoms with E-state index in [2.05, 4.69) is 5.32 Å². The molecule has 2 aliphatic heterocycles. The van der Waals surface area contributed by atoms with Crippen LogP contribution in [0.15, 0.2) is 0 Å². The van der Waals surface area contributed by atoms with Gasteiger partial charge in [0.2, 0.25) is 5.91 Å². The summed E-state index contributed by atoms with van der Waals surface area (Å²) in [6.07, 6.45) is 5.69. The maximum atomic E-state index is 11.3. The molecular weight excluding hydrogens is 164 g/mol. The summed E-state index contributed by atoms with van der Waals surface area (Å²) in [4.78, 5) is 13.4. The van der Waals surface area contributed by atoms with E-state index in [0.29, 0.717) is 11.9 Å². The van der Waals surface area contributed by atoms with Gasteiger partial charge in [-0.25, -0.2) is 0 Å². The molecule has 3 nitrogen and oxygen atoms in total. The average Bonchev–Trinajstić information content (AvgIpc) is 2.54. The van der Waals surface area contributed by atoms with Crippen molar-refractivity contribution in [2.45, 2.75) is 38.1 Å². The van der Waals surface area contributed by atoms with E-state index in [1.54, 1.807) is 0 Å². The van der Waals surface area contributed by atoms with Gasteiger partial charge < -0.3 is 10.2 Å². The predicted octanol–water partition coefficient (Wildman–Crippen LogP) is 0.751. The van der Waals surface area contributed by atoms with Crippen LogP contribution in [0.25, 0.3) is 0 Å². The second kappa shape index (κ2) is 4.09. The van der Waals surface area contributed by atoms with Crippen molar-refractivity contribution in [1.29, 1.82) is 0 Å². The van der Waals surface area contributed by atoms with Crippen LogP contribution in [0.2, 0.25) is 0 Å². The molecule has 1 amide bonds. The van der Waals surface area contributed by atoms with Crippen LogP contribution in [0.1, 0.15) is 32.1 Å². The van der Waals surface area contributed by atoms with Crippen LogP contribution in [-0.2, 0) is 4.79 Å². The van der Waals surface area contributed by atoms with Gasteiger partial charge in [0.15, 0.2) is 0 Å². The maximum Gasteiger partial charge on any atom is 0.222 e. The molecule has 0 bridgehead atoms. The van der Waals surface area contributed by atoms with Crippen LogP contribution < -0.4 is 5.32 Å². The van der Waals surface area contributed by atoms with Gasteiger partial charge in [0.05, 0.1) is 0 Å². The summed E-state index contributed by atoms with van der Waals surface area (Å²) < 4.78 is 0. The summed E-state index contributed by atoms with van der Waals surface area (Å²) in [6, 6.07) is 0.566. The molecular formula is C10H18N2O. The molecule has 3 heteroatoms. The lowest BCUT2D eigenvalue weighted by atomic mass is 10.0. The van der Waals surface area contributed by atoms with E-state index in [-0.39, 0.29) is 0 Å². The van der Waals surface area contributed by atoms with E-state index in [4.69, 9.17) is 0 Å². The van der Waals surface area contributed by atoms with Crippen LogP contribution in [0.5, 0.6) is 0 Å². The fourth-order valence-corrected chi connectivity index (χ4v) is 2.24. The fourth-order valence-electron chi connectivity index (χ4n) is 2.24. The van der Waals surface area contributed by atoms with Gasteiger partial charge in [-0.15, -0.1) is 0 Å². The van der Waals surface area contributed by atoms with Crippen LogP contribution in [0.4, 0.5) is 0 Å². The number of amides is 1. The van der Waals surface area contributed by atoms with Crippen LogP contribution in [0, 0.1) is 0 Å². The number of nitrogens with zero attached hydrogens (tertiary/aromatic N) is 1. The summed E-state index contributed by atoms with van der Waals surface area (Å²) in [6.45, 7) is 3.06. The summed E-state index contributed by atoms with van der Waals surface area (Å²) in [5.74, 6) is 0.354. The van der Waals surface area contributed by atoms with Crippen molar-refractivity contribution in [2.24, 2.45) is 0 Å². The minimum atomic E-state index is 0.354. The first-order valence-corrected chi connectivity index (χ1v) is 5.37. The van der Waals surface area contributed by atoms with E-state index in [0.717, 1.165) is 32.5 Å². The summed E-state index contributed by atoms with van der Waals surface area (Å²) in [5, 5.41) is 3.47. The average molecular weight is 182 g/mol. The standard InChI is InChI=1S/C10H18N2O/c13-10-5-3-7-12(10)8-9-4-1-2-6-11-9/h9,11H,1-8H2/t9-/m0/s1. The van der Waals surface area contributed by atoms with E-state index in [1.165, 1.54) is 19.3 Å². The van der Waals surface area contributed by atoms with Crippen molar-refractivity contribution in [2.75, 3.05) is 19.6 Å². The Balaban J connectivity index is 1.79. The number of hydrogen-bond donors (Lipinski definition) is 1. The second-order valence-electron chi connectivity index (χ2n) is 4.09. The first-order valence-electron chi connectivity index (χ1n) is 5.37. The van der Waals surface area contributed by atoms with Crippen molar-refractivity contribution in [3.63, 3.8) is 0 Å². The highest BCUT2D eigenvalue weighted by molar-refractivity contribution is 5.78. The van der Waals surface area contributed by atoms with Crippen molar-refractivity contribution in [3.05, 3.63) is 0 Å². The first-order chi connectivity index (χ1) is 6.36. The van der Waals surface area contributed by atoms with Gasteiger partial charge in [-0.1, -0.05) is 6.42 Å². The topological polar surface area (TPSA) is 32.3 Å². The van der Waals surface area contributed by atoms with Gasteiger partial charge in [0.1, 0.15) is 0 Å². The zero-order valence-electron chi connectivity index (χ0n) is 8.09. The minimum Gasteiger partial charge on any atom is -0.341 e. The molecule has 0 aromatic rings. The third-order valence-corrected chi connectivity index (χ3v) is 3.02. The molecule has 13 heavy (non-hydrogen) atoms. The Morgan fingerprint density at radius 1 is 1.38 bits per heavy atom. The molecule has 0 aliphatic carbocycles. The molecule has 2 fully saturated rings. The first kappa shape index (κ1) is 9.00. The van der Waals surface area contributed by atoms with Gasteiger partial charge in [-0.2, -0.15) is 0 Å². The van der Waals surface area contributed by atoms with Gasteiger partial charge in [-0.05, 0) is 25.8 Å². The number of likely N-dealkylation sites (tertiary alicyclic amines) is 1. The second-order valence-corrected chi connectivity index (χ2v) is 4.09. The maximum absolute atomic E-state index is 11.3. The van der Waals surface area contributed by atoms with E-state index in [1.807, 2.05) is 4.90 Å². The predicted molar refractivity (Wildman–Crippen MR) is 51.5 cm³/mol. The van der Waals surface area contributed by atoms with Crippen LogP contribution in [0.3, 0.4) is 0 Å². The normalized spacial score (nSPS) is 29.7. The van der Waals surface area contributed by atoms with Gasteiger partial charge in [0, 0.05) is 25.6 Å². The lowest BCUT2D eigenvalue weighted by molar-refractivity contribution is -0.128. The number of nitrogens with one attached hydrogen (secondary N) is 1. The van der Waals surface area contributed by atoms with Gasteiger partial charge in [0.25, 0.3) is 0 Å². The molecule has 0 saturated carbocycles. The minimum absolute atomic E-state index is 0.354. The summed E-state index contributed by atoms with van der Waals surface area (Å²) in [5.41, 5.74) is 0. The third-order valence-electron chi connectivity index (χ3n) is 3.02. The molecule has 2 rings (SSSR count). The molecule has 1 atom stereocenters.